The highest BCUT2D eigenvalue weighted by Crippen LogP contribution is 2.19. The Morgan fingerprint density at radius 1 is 0.286 bits per heavy atom. The zero-order valence-corrected chi connectivity index (χ0v) is 57.2. The Kier molecular flexibility index (Phi) is 73.6. The molecule has 0 aromatic carbocycles. The van der Waals surface area contributed by atoms with E-state index in [4.69, 9.17) is 0 Å². The van der Waals surface area contributed by atoms with Gasteiger partial charge in [0.25, 0.3) is 0 Å². The summed E-state index contributed by atoms with van der Waals surface area (Å²) in [5.41, 5.74) is 0. The molecule has 494 valence electrons. The molecule has 0 aromatic heterocycles. The van der Waals surface area contributed by atoms with Gasteiger partial charge in [-0.05, 0) is 70.6 Å². The van der Waals surface area contributed by atoms with Gasteiger partial charge in [-0.1, -0.05) is 408 Å². The maximum Gasteiger partial charge on any atom is 0.220 e. The van der Waals surface area contributed by atoms with Crippen molar-refractivity contribution in [2.45, 2.75) is 437 Å². The summed E-state index contributed by atoms with van der Waals surface area (Å²) in [5, 5.41) is 23.3. The van der Waals surface area contributed by atoms with Crippen molar-refractivity contribution in [3.05, 3.63) is 60.8 Å². The van der Waals surface area contributed by atoms with Crippen LogP contribution < -0.4 is 5.32 Å². The van der Waals surface area contributed by atoms with Gasteiger partial charge in [0.05, 0.1) is 18.8 Å². The highest BCUT2D eigenvalue weighted by molar-refractivity contribution is 5.76. The van der Waals surface area contributed by atoms with Gasteiger partial charge in [-0.2, -0.15) is 0 Å². The predicted octanol–water partition coefficient (Wildman–Crippen LogP) is 26.6. The average molecular weight is 1180 g/mol. The van der Waals surface area contributed by atoms with Gasteiger partial charge in [0.2, 0.25) is 5.91 Å². The van der Waals surface area contributed by atoms with E-state index in [1.54, 1.807) is 6.08 Å². The standard InChI is InChI=1S/C80H151NO3/c1-3-5-7-9-11-13-15-17-19-21-23-25-27-29-31-33-35-36-37-38-39-40-41-42-43-44-46-48-50-52-54-56-58-60-62-64-66-68-70-72-74-76-80(84)81-78(77-82)79(83)75-73-71-69-67-65-63-61-59-57-55-53-51-49-47-45-34-32-30-28-26-24-22-20-18-16-14-12-10-8-6-4-2/h15,17,21,23,27,29,65,67,73,75,78-79,82-83H,3-14,16,18-20,22,24-26,28,30-64,66,68-72,74,76-77H2,1-2H3,(H,81,84)/b17-15-,23-21-,29-27-,67-65+,75-73+. The number of unbranched alkanes of at least 4 members (excludes halogenated alkanes) is 57. The van der Waals surface area contributed by atoms with E-state index in [0.29, 0.717) is 6.42 Å². The van der Waals surface area contributed by atoms with Crippen LogP contribution >= 0.6 is 0 Å². The van der Waals surface area contributed by atoms with Crippen molar-refractivity contribution >= 4 is 5.91 Å². The molecule has 0 saturated heterocycles. The van der Waals surface area contributed by atoms with Crippen molar-refractivity contribution in [3.8, 4) is 0 Å². The summed E-state index contributed by atoms with van der Waals surface area (Å²) in [7, 11) is 0. The highest BCUT2D eigenvalue weighted by Gasteiger charge is 2.18. The third-order valence-electron chi connectivity index (χ3n) is 18.0. The molecule has 3 N–H and O–H groups in total. The SMILES string of the molecule is CCCCCCC/C=C\C/C=C\C/C=C\CCCCCCCCCCCCCCCCCCCCCCCCCCCCC(=O)NC(CO)C(O)/C=C/CC/C=C/CCCCCCCCCCCCCCCCCCCCCCCCCCC. The molecule has 0 saturated carbocycles. The molecule has 0 aliphatic rings. The van der Waals surface area contributed by atoms with Crippen molar-refractivity contribution in [1.82, 2.24) is 5.32 Å². The van der Waals surface area contributed by atoms with Gasteiger partial charge in [0.1, 0.15) is 0 Å². The molecular weight excluding hydrogens is 1020 g/mol. The van der Waals surface area contributed by atoms with Gasteiger partial charge in [-0.25, -0.2) is 0 Å². The smallest absolute Gasteiger partial charge is 0.220 e. The summed E-state index contributed by atoms with van der Waals surface area (Å²) in [6, 6.07) is -0.641. The zero-order chi connectivity index (χ0) is 60.5. The Morgan fingerprint density at radius 3 is 0.774 bits per heavy atom. The lowest BCUT2D eigenvalue weighted by Crippen LogP contribution is -2.45. The molecule has 2 atom stereocenters. The van der Waals surface area contributed by atoms with Crippen LogP contribution in [0.3, 0.4) is 0 Å². The van der Waals surface area contributed by atoms with E-state index in [1.807, 2.05) is 6.08 Å². The van der Waals surface area contributed by atoms with Crippen LogP contribution in [-0.4, -0.2) is 34.9 Å². The maximum absolute atomic E-state index is 12.6. The molecular formula is C80H151NO3. The lowest BCUT2D eigenvalue weighted by molar-refractivity contribution is -0.123. The number of rotatable bonds is 72. The minimum absolute atomic E-state index is 0.0656. The highest BCUT2D eigenvalue weighted by atomic mass is 16.3. The van der Waals surface area contributed by atoms with E-state index in [-0.39, 0.29) is 12.5 Å². The van der Waals surface area contributed by atoms with Crippen molar-refractivity contribution < 1.29 is 15.0 Å². The monoisotopic (exact) mass is 1170 g/mol. The second-order valence-electron chi connectivity index (χ2n) is 26.4. The Labute approximate surface area is 527 Å². The molecule has 0 heterocycles. The molecule has 4 heteroatoms. The van der Waals surface area contributed by atoms with Crippen LogP contribution in [0.2, 0.25) is 0 Å². The summed E-state index contributed by atoms with van der Waals surface area (Å²) < 4.78 is 0. The number of allylic oxidation sites excluding steroid dienone is 9. The molecule has 0 aromatic rings. The van der Waals surface area contributed by atoms with Gasteiger partial charge in [-0.15, -0.1) is 0 Å². The fraction of sp³-hybridized carbons (Fsp3) is 0.863. The summed E-state index contributed by atoms with van der Waals surface area (Å²) in [6.07, 6.45) is 108. The lowest BCUT2D eigenvalue weighted by Gasteiger charge is -2.19. The minimum Gasteiger partial charge on any atom is -0.394 e. The van der Waals surface area contributed by atoms with E-state index < -0.39 is 12.1 Å². The molecule has 0 bridgehead atoms. The first-order chi connectivity index (χ1) is 41.7. The van der Waals surface area contributed by atoms with Crippen molar-refractivity contribution in [3.63, 3.8) is 0 Å². The van der Waals surface area contributed by atoms with Gasteiger partial charge in [-0.3, -0.25) is 4.79 Å². The number of hydrogen-bond acceptors (Lipinski definition) is 3. The van der Waals surface area contributed by atoms with Crippen molar-refractivity contribution in [2.75, 3.05) is 6.61 Å². The van der Waals surface area contributed by atoms with Crippen LogP contribution in [0.4, 0.5) is 0 Å². The molecule has 0 radical (unpaired) electrons. The van der Waals surface area contributed by atoms with Crippen LogP contribution in [0.5, 0.6) is 0 Å². The molecule has 4 nitrogen and oxygen atoms in total. The summed E-state index contributed by atoms with van der Waals surface area (Å²) in [5.74, 6) is -0.0656. The first-order valence-corrected chi connectivity index (χ1v) is 38.5. The summed E-state index contributed by atoms with van der Waals surface area (Å²) >= 11 is 0. The average Bonchev–Trinajstić information content (AvgIpc) is 3.51. The van der Waals surface area contributed by atoms with E-state index >= 15 is 0 Å². The molecule has 0 aliphatic heterocycles. The molecule has 0 rings (SSSR count). The quantitative estimate of drug-likeness (QED) is 0.0420. The van der Waals surface area contributed by atoms with E-state index in [2.05, 4.69) is 67.8 Å². The van der Waals surface area contributed by atoms with Gasteiger partial charge < -0.3 is 15.5 Å². The number of carbonyl (C=O) groups excluding carboxylic acids is 1. The number of nitrogens with one attached hydrogen (secondary N) is 1. The van der Waals surface area contributed by atoms with Gasteiger partial charge in [0.15, 0.2) is 0 Å². The second kappa shape index (κ2) is 75.3. The fourth-order valence-electron chi connectivity index (χ4n) is 12.2. The zero-order valence-electron chi connectivity index (χ0n) is 57.2. The molecule has 0 aliphatic carbocycles. The molecule has 0 fully saturated rings. The van der Waals surface area contributed by atoms with E-state index in [1.165, 1.54) is 360 Å². The Hall–Kier alpha value is -1.91. The van der Waals surface area contributed by atoms with Crippen LogP contribution in [0.15, 0.2) is 60.8 Å². The molecule has 0 spiro atoms. The second-order valence-corrected chi connectivity index (χ2v) is 26.4. The summed E-state index contributed by atoms with van der Waals surface area (Å²) in [4.78, 5) is 12.6. The molecule has 2 unspecified atom stereocenters. The number of carbonyl (C=O) groups is 1. The first kappa shape index (κ1) is 82.1. The third-order valence-corrected chi connectivity index (χ3v) is 18.0. The first-order valence-electron chi connectivity index (χ1n) is 38.5. The van der Waals surface area contributed by atoms with Crippen LogP contribution in [0.25, 0.3) is 0 Å². The predicted molar refractivity (Wildman–Crippen MR) is 378 cm³/mol. The summed E-state index contributed by atoms with van der Waals surface area (Å²) in [6.45, 7) is 4.33. The Morgan fingerprint density at radius 2 is 0.500 bits per heavy atom. The number of aliphatic hydroxyl groups is 2. The van der Waals surface area contributed by atoms with Crippen LogP contribution in [0.1, 0.15) is 425 Å². The van der Waals surface area contributed by atoms with Gasteiger partial charge in [0, 0.05) is 6.42 Å². The number of hydrogen-bond donors (Lipinski definition) is 3. The van der Waals surface area contributed by atoms with Crippen molar-refractivity contribution in [1.29, 1.82) is 0 Å². The number of aliphatic hydroxyl groups excluding tert-OH is 2. The third kappa shape index (κ3) is 70.8. The Bertz CT molecular complexity index is 1380. The number of amides is 1. The molecule has 1 amide bonds. The van der Waals surface area contributed by atoms with Crippen LogP contribution in [0, 0.1) is 0 Å². The van der Waals surface area contributed by atoms with Crippen molar-refractivity contribution in [2.24, 2.45) is 0 Å². The van der Waals surface area contributed by atoms with E-state index in [0.717, 1.165) is 44.9 Å². The Balaban J connectivity index is 3.42. The normalized spacial score (nSPS) is 13.0. The largest absolute Gasteiger partial charge is 0.394 e. The fourth-order valence-corrected chi connectivity index (χ4v) is 12.2. The topological polar surface area (TPSA) is 69.6 Å². The van der Waals surface area contributed by atoms with Gasteiger partial charge >= 0.3 is 0 Å². The minimum atomic E-state index is -0.864. The lowest BCUT2D eigenvalue weighted by atomic mass is 10.0. The van der Waals surface area contributed by atoms with Crippen LogP contribution in [-0.2, 0) is 4.79 Å². The molecule has 84 heavy (non-hydrogen) atoms. The van der Waals surface area contributed by atoms with E-state index in [9.17, 15) is 15.0 Å². The maximum atomic E-state index is 12.6.